The summed E-state index contributed by atoms with van der Waals surface area (Å²) in [6, 6.07) is 18.9. The molecule has 0 aliphatic rings. The molecule has 3 rings (SSSR count). The second-order valence-electron chi connectivity index (χ2n) is 8.87. The fourth-order valence-electron chi connectivity index (χ4n) is 4.12. The second kappa shape index (κ2) is 12.9. The lowest BCUT2D eigenvalue weighted by Crippen LogP contribution is -2.53. The van der Waals surface area contributed by atoms with Crippen LogP contribution in [0.5, 0.6) is 0 Å². The number of nitrogens with zero attached hydrogens (tertiary/aromatic N) is 2. The fraction of sp³-hybridized carbons (Fsp3) is 0.286. The first-order chi connectivity index (χ1) is 18.0. The van der Waals surface area contributed by atoms with Gasteiger partial charge in [0.25, 0.3) is 0 Å². The van der Waals surface area contributed by atoms with Gasteiger partial charge in [-0.25, -0.2) is 12.8 Å². The highest BCUT2D eigenvalue weighted by atomic mass is 35.5. The quantitative estimate of drug-likeness (QED) is 0.379. The standard InChI is InChI=1S/C28H31ClFN3O4S/c1-4-31-28(35)26(17-21-11-6-5-7-12-21)32(18-22-13-8-9-15-24(22)30)27(34)19-33(38(3,36)37)25-16-10-14-23(29)20(25)2/h5-16,26H,4,17-19H2,1-3H3,(H,31,35). The lowest BCUT2D eigenvalue weighted by Gasteiger charge is -2.33. The van der Waals surface area contributed by atoms with E-state index in [1.54, 1.807) is 38.1 Å². The molecule has 0 heterocycles. The molecule has 1 unspecified atom stereocenters. The number of likely N-dealkylation sites (N-methyl/N-ethyl adjacent to an activating group) is 1. The van der Waals surface area contributed by atoms with E-state index in [4.69, 9.17) is 11.6 Å². The van der Waals surface area contributed by atoms with Crippen molar-refractivity contribution in [3.8, 4) is 0 Å². The Morgan fingerprint density at radius 1 is 1.00 bits per heavy atom. The average molecular weight is 560 g/mol. The number of amides is 2. The van der Waals surface area contributed by atoms with Gasteiger partial charge in [-0.05, 0) is 43.2 Å². The number of carbonyl (C=O) groups excluding carboxylic acids is 2. The molecule has 0 aromatic heterocycles. The van der Waals surface area contributed by atoms with Crippen LogP contribution < -0.4 is 9.62 Å². The summed E-state index contributed by atoms with van der Waals surface area (Å²) in [6.07, 6.45) is 1.15. The first kappa shape index (κ1) is 29.1. The van der Waals surface area contributed by atoms with Crippen LogP contribution in [0.2, 0.25) is 5.02 Å². The Kier molecular flexibility index (Phi) is 9.88. The topological polar surface area (TPSA) is 86.8 Å². The van der Waals surface area contributed by atoms with Crippen LogP contribution >= 0.6 is 11.6 Å². The van der Waals surface area contributed by atoms with E-state index in [0.717, 1.165) is 16.1 Å². The molecule has 10 heteroatoms. The van der Waals surface area contributed by atoms with E-state index in [2.05, 4.69) is 5.32 Å². The van der Waals surface area contributed by atoms with Gasteiger partial charge >= 0.3 is 0 Å². The number of hydrogen-bond donors (Lipinski definition) is 1. The fourth-order valence-corrected chi connectivity index (χ4v) is 5.19. The minimum Gasteiger partial charge on any atom is -0.355 e. The van der Waals surface area contributed by atoms with Gasteiger partial charge in [0.1, 0.15) is 18.4 Å². The van der Waals surface area contributed by atoms with E-state index in [1.807, 2.05) is 30.3 Å². The monoisotopic (exact) mass is 559 g/mol. The number of anilines is 1. The van der Waals surface area contributed by atoms with Crippen molar-refractivity contribution >= 4 is 39.1 Å². The highest BCUT2D eigenvalue weighted by Crippen LogP contribution is 2.28. The van der Waals surface area contributed by atoms with Crippen LogP contribution in [0.15, 0.2) is 72.8 Å². The second-order valence-corrected chi connectivity index (χ2v) is 11.2. The average Bonchev–Trinajstić information content (AvgIpc) is 2.87. The molecule has 7 nitrogen and oxygen atoms in total. The van der Waals surface area contributed by atoms with Gasteiger partial charge in [-0.2, -0.15) is 0 Å². The molecule has 38 heavy (non-hydrogen) atoms. The van der Waals surface area contributed by atoms with Crippen molar-refractivity contribution < 1.29 is 22.4 Å². The lowest BCUT2D eigenvalue weighted by molar-refractivity contribution is -0.140. The molecule has 0 aliphatic heterocycles. The molecule has 0 aliphatic carbocycles. The summed E-state index contributed by atoms with van der Waals surface area (Å²) in [6.45, 7) is 2.91. The summed E-state index contributed by atoms with van der Waals surface area (Å²) >= 11 is 6.24. The van der Waals surface area contributed by atoms with Gasteiger partial charge in [0.2, 0.25) is 21.8 Å². The van der Waals surface area contributed by atoms with Crippen LogP contribution in [0, 0.1) is 12.7 Å². The maximum Gasteiger partial charge on any atom is 0.244 e. The van der Waals surface area contributed by atoms with Gasteiger partial charge in [-0.3, -0.25) is 13.9 Å². The van der Waals surface area contributed by atoms with Gasteiger partial charge in [0, 0.05) is 30.1 Å². The third-order valence-corrected chi connectivity index (χ3v) is 7.64. The summed E-state index contributed by atoms with van der Waals surface area (Å²) < 4.78 is 41.3. The molecule has 202 valence electrons. The Balaban J connectivity index is 2.08. The first-order valence-corrected chi connectivity index (χ1v) is 14.3. The Hall–Kier alpha value is -3.43. The summed E-state index contributed by atoms with van der Waals surface area (Å²) in [7, 11) is -3.93. The molecule has 2 amide bonds. The van der Waals surface area contributed by atoms with E-state index < -0.39 is 40.2 Å². The van der Waals surface area contributed by atoms with Gasteiger partial charge in [0.05, 0.1) is 11.9 Å². The van der Waals surface area contributed by atoms with E-state index >= 15 is 0 Å². The maximum absolute atomic E-state index is 14.7. The molecule has 0 bridgehead atoms. The minimum atomic E-state index is -3.93. The maximum atomic E-state index is 14.7. The summed E-state index contributed by atoms with van der Waals surface area (Å²) in [5.41, 5.74) is 1.73. The van der Waals surface area contributed by atoms with Crippen molar-refractivity contribution in [2.75, 3.05) is 23.7 Å². The summed E-state index contributed by atoms with van der Waals surface area (Å²) in [5, 5.41) is 3.10. The van der Waals surface area contributed by atoms with Crippen LogP contribution in [0.4, 0.5) is 10.1 Å². The van der Waals surface area contributed by atoms with Gasteiger partial charge in [0.15, 0.2) is 0 Å². The smallest absolute Gasteiger partial charge is 0.244 e. The Morgan fingerprint density at radius 2 is 1.66 bits per heavy atom. The number of carbonyl (C=O) groups is 2. The zero-order valence-electron chi connectivity index (χ0n) is 21.5. The predicted molar refractivity (Wildman–Crippen MR) is 148 cm³/mol. The molecule has 3 aromatic rings. The molecule has 0 saturated heterocycles. The summed E-state index contributed by atoms with van der Waals surface area (Å²) in [4.78, 5) is 28.4. The van der Waals surface area contributed by atoms with E-state index in [9.17, 15) is 22.4 Å². The number of halogens is 2. The van der Waals surface area contributed by atoms with Crippen LogP contribution in [0.3, 0.4) is 0 Å². The zero-order chi connectivity index (χ0) is 27.9. The number of sulfonamides is 1. The SMILES string of the molecule is CCNC(=O)C(Cc1ccccc1)N(Cc1ccccc1F)C(=O)CN(c1cccc(Cl)c1C)S(C)(=O)=O. The van der Waals surface area contributed by atoms with Crippen molar-refractivity contribution in [2.24, 2.45) is 0 Å². The third-order valence-electron chi connectivity index (χ3n) is 6.11. The largest absolute Gasteiger partial charge is 0.355 e. The van der Waals surface area contributed by atoms with Crippen LogP contribution in [-0.4, -0.2) is 50.5 Å². The molecule has 3 aromatic carbocycles. The van der Waals surface area contributed by atoms with Gasteiger partial charge in [-0.1, -0.05) is 66.2 Å². The summed E-state index contributed by atoms with van der Waals surface area (Å²) in [5.74, 6) is -1.62. The molecule has 0 saturated carbocycles. The van der Waals surface area contributed by atoms with E-state index in [-0.39, 0.29) is 24.2 Å². The highest BCUT2D eigenvalue weighted by molar-refractivity contribution is 7.92. The normalized spacial score (nSPS) is 12.0. The van der Waals surface area contributed by atoms with Crippen molar-refractivity contribution in [1.82, 2.24) is 10.2 Å². The van der Waals surface area contributed by atoms with Crippen molar-refractivity contribution in [3.05, 3.63) is 100 Å². The number of hydrogen-bond acceptors (Lipinski definition) is 4. The van der Waals surface area contributed by atoms with Gasteiger partial charge < -0.3 is 10.2 Å². The number of rotatable bonds is 11. The highest BCUT2D eigenvalue weighted by Gasteiger charge is 2.33. The molecular weight excluding hydrogens is 529 g/mol. The molecule has 1 atom stereocenters. The van der Waals surface area contributed by atoms with Crippen LogP contribution in [0.25, 0.3) is 0 Å². The van der Waals surface area contributed by atoms with Crippen molar-refractivity contribution in [2.45, 2.75) is 32.9 Å². The Labute approximate surface area is 228 Å². The zero-order valence-corrected chi connectivity index (χ0v) is 23.1. The molecule has 1 N–H and O–H groups in total. The molecule has 0 fully saturated rings. The van der Waals surface area contributed by atoms with Gasteiger partial charge in [-0.15, -0.1) is 0 Å². The lowest BCUT2D eigenvalue weighted by atomic mass is 10.0. The number of benzene rings is 3. The Morgan fingerprint density at radius 3 is 2.29 bits per heavy atom. The minimum absolute atomic E-state index is 0.155. The Bertz CT molecular complexity index is 1390. The third kappa shape index (κ3) is 7.33. The molecular formula is C28H31ClFN3O4S. The van der Waals surface area contributed by atoms with Crippen LogP contribution in [-0.2, 0) is 32.6 Å². The van der Waals surface area contributed by atoms with Crippen molar-refractivity contribution in [1.29, 1.82) is 0 Å². The van der Waals surface area contributed by atoms with Crippen molar-refractivity contribution in [3.63, 3.8) is 0 Å². The van der Waals surface area contributed by atoms with E-state index in [0.29, 0.717) is 17.1 Å². The van der Waals surface area contributed by atoms with Crippen LogP contribution in [0.1, 0.15) is 23.6 Å². The molecule has 0 radical (unpaired) electrons. The predicted octanol–water partition coefficient (Wildman–Crippen LogP) is 4.33. The number of nitrogens with one attached hydrogen (secondary N) is 1. The van der Waals surface area contributed by atoms with E-state index in [1.165, 1.54) is 23.1 Å². The molecule has 0 spiro atoms. The first-order valence-electron chi connectivity index (χ1n) is 12.1.